The van der Waals surface area contributed by atoms with Crippen LogP contribution in [0.3, 0.4) is 0 Å². The van der Waals surface area contributed by atoms with Crippen LogP contribution in [0.2, 0.25) is 0 Å². The fraction of sp³-hybridized carbons (Fsp3) is 0.467. The third-order valence-corrected chi connectivity index (χ3v) is 4.49. The standard InChI is InChI=1S/C15H16O3/c1-8-4-5-11-7-15(18-14(17)10(11)3)9(2)6-12(16)13(8)15/h6,11H,3-5,7H2,1-2H3. The molecule has 0 radical (unpaired) electrons. The van der Waals surface area contributed by atoms with Crippen molar-refractivity contribution >= 4 is 11.8 Å². The Morgan fingerprint density at radius 2 is 2.11 bits per heavy atom. The maximum absolute atomic E-state index is 12.1. The lowest BCUT2D eigenvalue weighted by Gasteiger charge is -2.39. The molecule has 3 nitrogen and oxygen atoms in total. The average molecular weight is 244 g/mol. The fourth-order valence-corrected chi connectivity index (χ4v) is 3.43. The molecule has 94 valence electrons. The van der Waals surface area contributed by atoms with Crippen LogP contribution < -0.4 is 0 Å². The number of rotatable bonds is 0. The summed E-state index contributed by atoms with van der Waals surface area (Å²) in [4.78, 5) is 24.1. The molecule has 2 aliphatic carbocycles. The second kappa shape index (κ2) is 3.44. The minimum atomic E-state index is -0.791. The van der Waals surface area contributed by atoms with Crippen molar-refractivity contribution in [2.45, 2.75) is 38.7 Å². The average Bonchev–Trinajstić information content (AvgIpc) is 2.45. The van der Waals surface area contributed by atoms with Gasteiger partial charge < -0.3 is 4.74 Å². The van der Waals surface area contributed by atoms with Crippen LogP contribution in [-0.2, 0) is 14.3 Å². The van der Waals surface area contributed by atoms with Crippen LogP contribution in [0.4, 0.5) is 0 Å². The summed E-state index contributed by atoms with van der Waals surface area (Å²) in [6.07, 6.45) is 4.01. The fourth-order valence-electron chi connectivity index (χ4n) is 3.43. The van der Waals surface area contributed by atoms with Crippen LogP contribution in [0.25, 0.3) is 0 Å². The Morgan fingerprint density at radius 3 is 2.83 bits per heavy atom. The van der Waals surface area contributed by atoms with Gasteiger partial charge in [0.15, 0.2) is 11.4 Å². The zero-order valence-electron chi connectivity index (χ0n) is 10.7. The molecule has 0 aromatic rings. The molecule has 0 aromatic heterocycles. The topological polar surface area (TPSA) is 43.4 Å². The van der Waals surface area contributed by atoms with Gasteiger partial charge in [0.25, 0.3) is 0 Å². The number of hydrogen-bond donors (Lipinski definition) is 0. The molecular weight excluding hydrogens is 228 g/mol. The van der Waals surface area contributed by atoms with E-state index in [0.717, 1.165) is 24.0 Å². The van der Waals surface area contributed by atoms with Gasteiger partial charge in [-0.25, -0.2) is 4.79 Å². The normalized spacial score (nSPS) is 35.1. The zero-order valence-corrected chi connectivity index (χ0v) is 10.7. The molecule has 1 spiro atoms. The molecule has 2 bridgehead atoms. The van der Waals surface area contributed by atoms with Gasteiger partial charge in [0.1, 0.15) is 0 Å². The largest absolute Gasteiger partial charge is 0.446 e. The van der Waals surface area contributed by atoms with E-state index in [4.69, 9.17) is 4.74 Å². The Balaban J connectivity index is 2.21. The van der Waals surface area contributed by atoms with E-state index in [1.54, 1.807) is 6.08 Å². The second-order valence-electron chi connectivity index (χ2n) is 5.53. The number of esters is 1. The Hall–Kier alpha value is -1.64. The smallest absolute Gasteiger partial charge is 0.334 e. The lowest BCUT2D eigenvalue weighted by molar-refractivity contribution is -0.154. The molecular formula is C15H16O3. The highest BCUT2D eigenvalue weighted by molar-refractivity contribution is 6.11. The molecule has 2 atom stereocenters. The maximum Gasteiger partial charge on any atom is 0.334 e. The molecule has 1 saturated heterocycles. The molecule has 18 heavy (non-hydrogen) atoms. The first-order valence-electron chi connectivity index (χ1n) is 6.31. The van der Waals surface area contributed by atoms with Crippen molar-refractivity contribution in [3.63, 3.8) is 0 Å². The zero-order chi connectivity index (χ0) is 13.1. The van der Waals surface area contributed by atoms with Gasteiger partial charge in [0, 0.05) is 17.6 Å². The molecule has 2 unspecified atom stereocenters. The van der Waals surface area contributed by atoms with E-state index in [1.807, 2.05) is 13.8 Å². The van der Waals surface area contributed by atoms with Gasteiger partial charge in [-0.15, -0.1) is 0 Å². The van der Waals surface area contributed by atoms with Gasteiger partial charge in [-0.2, -0.15) is 0 Å². The van der Waals surface area contributed by atoms with E-state index in [2.05, 4.69) is 6.58 Å². The van der Waals surface area contributed by atoms with E-state index in [1.165, 1.54) is 0 Å². The van der Waals surface area contributed by atoms with Crippen molar-refractivity contribution in [1.29, 1.82) is 0 Å². The van der Waals surface area contributed by atoms with Crippen molar-refractivity contribution in [3.8, 4) is 0 Å². The molecule has 3 heteroatoms. The summed E-state index contributed by atoms with van der Waals surface area (Å²) < 4.78 is 5.63. The minimum absolute atomic E-state index is 0.00552. The highest BCUT2D eigenvalue weighted by Crippen LogP contribution is 2.51. The van der Waals surface area contributed by atoms with Crippen LogP contribution in [-0.4, -0.2) is 17.4 Å². The first-order valence-corrected chi connectivity index (χ1v) is 6.31. The van der Waals surface area contributed by atoms with E-state index in [-0.39, 0.29) is 17.7 Å². The molecule has 3 rings (SSSR count). The van der Waals surface area contributed by atoms with Crippen molar-refractivity contribution in [2.24, 2.45) is 5.92 Å². The summed E-state index contributed by atoms with van der Waals surface area (Å²) in [5.41, 5.74) is 2.37. The van der Waals surface area contributed by atoms with E-state index in [0.29, 0.717) is 17.6 Å². The molecule has 1 fully saturated rings. The molecule has 1 heterocycles. The van der Waals surface area contributed by atoms with Gasteiger partial charge in [0.05, 0.1) is 0 Å². The molecule has 0 amide bonds. The van der Waals surface area contributed by atoms with Crippen LogP contribution >= 0.6 is 0 Å². The minimum Gasteiger partial charge on any atom is -0.446 e. The second-order valence-corrected chi connectivity index (χ2v) is 5.53. The van der Waals surface area contributed by atoms with Gasteiger partial charge in [-0.3, -0.25) is 4.79 Å². The summed E-state index contributed by atoms with van der Waals surface area (Å²) in [7, 11) is 0. The summed E-state index contributed by atoms with van der Waals surface area (Å²) >= 11 is 0. The quantitative estimate of drug-likeness (QED) is 0.485. The molecule has 0 saturated carbocycles. The first kappa shape index (κ1) is 11.5. The Labute approximate surface area is 106 Å². The predicted octanol–water partition coefficient (Wildman–Crippen LogP) is 2.48. The van der Waals surface area contributed by atoms with Gasteiger partial charge in [0.2, 0.25) is 0 Å². The van der Waals surface area contributed by atoms with Crippen LogP contribution in [0.5, 0.6) is 0 Å². The Morgan fingerprint density at radius 1 is 1.39 bits per heavy atom. The van der Waals surface area contributed by atoms with Crippen molar-refractivity contribution in [1.82, 2.24) is 0 Å². The summed E-state index contributed by atoms with van der Waals surface area (Å²) in [6.45, 7) is 7.69. The Kier molecular flexibility index (Phi) is 2.19. The molecule has 0 aromatic carbocycles. The van der Waals surface area contributed by atoms with E-state index < -0.39 is 5.60 Å². The van der Waals surface area contributed by atoms with Crippen molar-refractivity contribution < 1.29 is 14.3 Å². The third kappa shape index (κ3) is 1.25. The predicted molar refractivity (Wildman–Crippen MR) is 66.8 cm³/mol. The van der Waals surface area contributed by atoms with Crippen LogP contribution in [0.1, 0.15) is 33.1 Å². The number of ether oxygens (including phenoxy) is 1. The SMILES string of the molecule is C=C1C(=O)OC23CC1CCC(C)=C2C(=O)C=C3C. The highest BCUT2D eigenvalue weighted by Gasteiger charge is 2.54. The number of allylic oxidation sites excluding steroid dienone is 2. The lowest BCUT2D eigenvalue weighted by atomic mass is 9.78. The monoisotopic (exact) mass is 244 g/mol. The molecule has 0 N–H and O–H groups in total. The van der Waals surface area contributed by atoms with Gasteiger partial charge in [-0.05, 0) is 44.3 Å². The van der Waals surface area contributed by atoms with Gasteiger partial charge in [-0.1, -0.05) is 12.2 Å². The Bertz CT molecular complexity index is 550. The molecule has 1 aliphatic heterocycles. The first-order chi connectivity index (χ1) is 8.45. The van der Waals surface area contributed by atoms with Gasteiger partial charge >= 0.3 is 5.97 Å². The number of hydrogen-bond acceptors (Lipinski definition) is 3. The summed E-state index contributed by atoms with van der Waals surface area (Å²) in [5, 5.41) is 0. The molecule has 3 aliphatic rings. The third-order valence-electron chi connectivity index (χ3n) is 4.49. The maximum atomic E-state index is 12.1. The lowest BCUT2D eigenvalue weighted by Crippen LogP contribution is -2.44. The van der Waals surface area contributed by atoms with Crippen molar-refractivity contribution in [3.05, 3.63) is 34.9 Å². The number of ketones is 1. The number of carbonyl (C=O) groups excluding carboxylic acids is 2. The van der Waals surface area contributed by atoms with E-state index in [9.17, 15) is 9.59 Å². The van der Waals surface area contributed by atoms with E-state index >= 15 is 0 Å². The summed E-state index contributed by atoms with van der Waals surface area (Å²) in [5.74, 6) is -0.209. The number of carbonyl (C=O) groups is 2. The van der Waals surface area contributed by atoms with Crippen LogP contribution in [0, 0.1) is 5.92 Å². The summed E-state index contributed by atoms with van der Waals surface area (Å²) in [6, 6.07) is 0. The van der Waals surface area contributed by atoms with Crippen molar-refractivity contribution in [2.75, 3.05) is 0 Å². The van der Waals surface area contributed by atoms with Crippen LogP contribution in [0.15, 0.2) is 34.9 Å². The highest BCUT2D eigenvalue weighted by atomic mass is 16.6. The number of fused-ring (bicyclic) bond motifs is 1.